The molecule has 0 saturated carbocycles. The van der Waals surface area contributed by atoms with Crippen LogP contribution in [-0.2, 0) is 6.54 Å². The highest BCUT2D eigenvalue weighted by Gasteiger charge is 2.34. The van der Waals surface area contributed by atoms with Crippen molar-refractivity contribution in [1.82, 2.24) is 15.2 Å². The first-order chi connectivity index (χ1) is 11.8. The second-order valence-corrected chi connectivity index (χ2v) is 6.97. The molecule has 4 nitrogen and oxygen atoms in total. The van der Waals surface area contributed by atoms with Gasteiger partial charge >= 0.3 is 0 Å². The Kier molecular flexibility index (Phi) is 5.94. The van der Waals surface area contributed by atoms with Gasteiger partial charge in [0.1, 0.15) is 5.82 Å². The van der Waals surface area contributed by atoms with Gasteiger partial charge < -0.3 is 10.2 Å². The van der Waals surface area contributed by atoms with Crippen molar-refractivity contribution in [3.63, 3.8) is 0 Å². The Morgan fingerprint density at radius 1 is 1.08 bits per heavy atom. The van der Waals surface area contributed by atoms with Crippen LogP contribution in [0.5, 0.6) is 0 Å². The molecule has 1 aromatic carbocycles. The lowest BCUT2D eigenvalue weighted by Gasteiger charge is -2.27. The van der Waals surface area contributed by atoms with Gasteiger partial charge in [-0.2, -0.15) is 0 Å². The van der Waals surface area contributed by atoms with Crippen molar-refractivity contribution in [2.75, 3.05) is 25.0 Å². The summed E-state index contributed by atoms with van der Waals surface area (Å²) in [7, 11) is 2.07. The summed E-state index contributed by atoms with van der Waals surface area (Å²) in [5.74, 6) is 0.991. The summed E-state index contributed by atoms with van der Waals surface area (Å²) >= 11 is 0. The van der Waals surface area contributed by atoms with Gasteiger partial charge in [-0.05, 0) is 49.6 Å². The van der Waals surface area contributed by atoms with Crippen LogP contribution in [0.4, 0.5) is 11.5 Å². The Labute approximate surface area is 156 Å². The fraction of sp³-hybridized carbons (Fsp3) is 0.450. The molecule has 25 heavy (non-hydrogen) atoms. The van der Waals surface area contributed by atoms with E-state index in [2.05, 4.69) is 58.6 Å². The number of fused-ring (bicyclic) bond motifs is 2. The number of hydrogen-bond donors (Lipinski definition) is 1. The summed E-state index contributed by atoms with van der Waals surface area (Å²) < 4.78 is 0. The van der Waals surface area contributed by atoms with E-state index >= 15 is 0 Å². The molecule has 2 unspecified atom stereocenters. The normalized spacial score (nSPS) is 22.9. The van der Waals surface area contributed by atoms with Crippen molar-refractivity contribution >= 4 is 23.9 Å². The predicted octanol–water partition coefficient (Wildman–Crippen LogP) is 3.60. The van der Waals surface area contributed by atoms with Crippen LogP contribution < -0.4 is 10.2 Å². The van der Waals surface area contributed by atoms with Gasteiger partial charge in [-0.25, -0.2) is 4.98 Å². The topological polar surface area (TPSA) is 31.4 Å². The lowest BCUT2D eigenvalue weighted by molar-refractivity contribution is 0.193. The molecule has 2 fully saturated rings. The Hall–Kier alpha value is -1.62. The molecule has 2 saturated heterocycles. The lowest BCUT2D eigenvalue weighted by atomic mass is 10.1. The zero-order chi connectivity index (χ0) is 16.4. The third-order valence-corrected chi connectivity index (χ3v) is 5.47. The van der Waals surface area contributed by atoms with Crippen molar-refractivity contribution < 1.29 is 0 Å². The maximum Gasteiger partial charge on any atom is 0.132 e. The van der Waals surface area contributed by atoms with Crippen LogP contribution in [0.3, 0.4) is 0 Å². The number of hydrogen-bond acceptors (Lipinski definition) is 4. The van der Waals surface area contributed by atoms with E-state index in [9.17, 15) is 0 Å². The molecule has 1 N–H and O–H groups in total. The van der Waals surface area contributed by atoms with Crippen LogP contribution in [0.15, 0.2) is 48.7 Å². The van der Waals surface area contributed by atoms with E-state index in [1.54, 1.807) is 0 Å². The fourth-order valence-corrected chi connectivity index (χ4v) is 4.04. The van der Waals surface area contributed by atoms with Crippen molar-refractivity contribution in [2.24, 2.45) is 0 Å². The van der Waals surface area contributed by atoms with Crippen LogP contribution >= 0.6 is 12.4 Å². The monoisotopic (exact) mass is 358 g/mol. The van der Waals surface area contributed by atoms with Crippen molar-refractivity contribution in [3.05, 3.63) is 54.2 Å². The highest BCUT2D eigenvalue weighted by molar-refractivity contribution is 5.85. The molecular weight excluding hydrogens is 332 g/mol. The first-order valence-corrected chi connectivity index (χ1v) is 9.01. The first-order valence-electron chi connectivity index (χ1n) is 9.01. The number of pyridine rings is 1. The molecule has 0 spiro atoms. The van der Waals surface area contributed by atoms with E-state index < -0.39 is 0 Å². The Morgan fingerprint density at radius 3 is 2.64 bits per heavy atom. The van der Waals surface area contributed by atoms with E-state index in [1.165, 1.54) is 24.8 Å². The van der Waals surface area contributed by atoms with E-state index in [1.807, 2.05) is 12.3 Å². The summed E-state index contributed by atoms with van der Waals surface area (Å²) in [6.07, 6.45) is 6.01. The molecule has 2 aliphatic heterocycles. The van der Waals surface area contributed by atoms with E-state index in [-0.39, 0.29) is 12.4 Å². The molecule has 2 bridgehead atoms. The molecule has 4 rings (SSSR count). The fourth-order valence-electron chi connectivity index (χ4n) is 4.04. The maximum atomic E-state index is 4.70. The molecule has 2 aliphatic rings. The third kappa shape index (κ3) is 3.97. The van der Waals surface area contributed by atoms with E-state index in [4.69, 9.17) is 4.98 Å². The van der Waals surface area contributed by atoms with Crippen LogP contribution in [0, 0.1) is 0 Å². The molecule has 2 atom stereocenters. The second kappa shape index (κ2) is 8.17. The van der Waals surface area contributed by atoms with Gasteiger partial charge in [-0.1, -0.05) is 24.3 Å². The smallest absolute Gasteiger partial charge is 0.132 e. The van der Waals surface area contributed by atoms with Gasteiger partial charge in [0.2, 0.25) is 0 Å². The van der Waals surface area contributed by atoms with Gasteiger partial charge in [0, 0.05) is 44.1 Å². The second-order valence-electron chi connectivity index (χ2n) is 6.97. The minimum Gasteiger partial charge on any atom is -0.329 e. The number of para-hydroxylation sites is 1. The molecule has 3 heterocycles. The summed E-state index contributed by atoms with van der Waals surface area (Å²) in [5, 5.41) is 3.57. The van der Waals surface area contributed by atoms with Gasteiger partial charge in [-0.15, -0.1) is 12.4 Å². The van der Waals surface area contributed by atoms with Crippen LogP contribution in [0.2, 0.25) is 0 Å². The number of nitrogens with one attached hydrogen (secondary N) is 1. The molecule has 2 aromatic rings. The number of rotatable bonds is 4. The van der Waals surface area contributed by atoms with Crippen LogP contribution in [0.25, 0.3) is 0 Å². The number of anilines is 2. The molecule has 1 aromatic heterocycles. The Bertz CT molecular complexity index is 647. The SMILES string of the molecule is CN(c1ccccc1)c1ccc(CN2C3CCNCC2CC3)cn1.Cl. The largest absolute Gasteiger partial charge is 0.329 e. The molecule has 0 amide bonds. The minimum absolute atomic E-state index is 0. The number of benzene rings is 1. The van der Waals surface area contributed by atoms with E-state index in [0.717, 1.165) is 37.2 Å². The van der Waals surface area contributed by atoms with Crippen molar-refractivity contribution in [2.45, 2.75) is 37.9 Å². The minimum atomic E-state index is 0. The summed E-state index contributed by atoms with van der Waals surface area (Å²) in [6.45, 7) is 3.33. The molecule has 5 heteroatoms. The average Bonchev–Trinajstić information content (AvgIpc) is 2.88. The van der Waals surface area contributed by atoms with Crippen molar-refractivity contribution in [3.8, 4) is 0 Å². The molecule has 0 aliphatic carbocycles. The average molecular weight is 359 g/mol. The van der Waals surface area contributed by atoms with Gasteiger partial charge in [-0.3, -0.25) is 4.90 Å². The summed E-state index contributed by atoms with van der Waals surface area (Å²) in [6, 6.07) is 16.2. The van der Waals surface area contributed by atoms with Gasteiger partial charge in [0.15, 0.2) is 0 Å². The quantitative estimate of drug-likeness (QED) is 0.904. The lowest BCUT2D eigenvalue weighted by Crippen LogP contribution is -2.37. The van der Waals surface area contributed by atoms with Crippen LogP contribution in [0.1, 0.15) is 24.8 Å². The van der Waals surface area contributed by atoms with E-state index in [0.29, 0.717) is 6.04 Å². The number of aromatic nitrogens is 1. The molecule has 134 valence electrons. The molecule has 0 radical (unpaired) electrons. The highest BCUT2D eigenvalue weighted by atomic mass is 35.5. The molecular formula is C20H27ClN4. The number of halogens is 1. The predicted molar refractivity (Wildman–Crippen MR) is 106 cm³/mol. The van der Waals surface area contributed by atoms with Gasteiger partial charge in [0.05, 0.1) is 0 Å². The Morgan fingerprint density at radius 2 is 1.88 bits per heavy atom. The standard InChI is InChI=1S/C20H26N4.ClH/c1-23(17-5-3-2-4-6-17)20-10-7-16(13-22-20)15-24-18-8-9-19(24)14-21-12-11-18;/h2-7,10,13,18-19,21H,8-9,11-12,14-15H2,1H3;1H. The van der Waals surface area contributed by atoms with Gasteiger partial charge in [0.25, 0.3) is 0 Å². The highest BCUT2D eigenvalue weighted by Crippen LogP contribution is 2.30. The number of nitrogens with zero attached hydrogens (tertiary/aromatic N) is 3. The van der Waals surface area contributed by atoms with Crippen LogP contribution in [-0.4, -0.2) is 42.1 Å². The zero-order valence-electron chi connectivity index (χ0n) is 14.8. The first kappa shape index (κ1) is 18.2. The van der Waals surface area contributed by atoms with Crippen molar-refractivity contribution in [1.29, 1.82) is 0 Å². The Balaban J connectivity index is 0.00000182. The third-order valence-electron chi connectivity index (χ3n) is 5.47. The maximum absolute atomic E-state index is 4.70. The summed E-state index contributed by atoms with van der Waals surface area (Å²) in [4.78, 5) is 9.52. The zero-order valence-corrected chi connectivity index (χ0v) is 15.6. The summed E-state index contributed by atoms with van der Waals surface area (Å²) in [5.41, 5.74) is 2.48.